The van der Waals surface area contributed by atoms with Crippen molar-refractivity contribution in [2.75, 3.05) is 0 Å². The molecule has 27 heavy (non-hydrogen) atoms. The lowest BCUT2D eigenvalue weighted by Crippen LogP contribution is -2.23. The number of H-pyrrole nitrogens is 1. The molecule has 1 aromatic carbocycles. The third-order valence-electron chi connectivity index (χ3n) is 4.61. The number of thioether (sulfide) groups is 1. The molecule has 1 amide bonds. The zero-order chi connectivity index (χ0) is 19.0. The average Bonchev–Trinajstić information content (AvgIpc) is 3.37. The second-order valence-electron chi connectivity index (χ2n) is 6.80. The van der Waals surface area contributed by atoms with Crippen molar-refractivity contribution in [1.29, 1.82) is 0 Å². The number of halogens is 2. The molecule has 0 spiro atoms. The highest BCUT2D eigenvalue weighted by Crippen LogP contribution is 2.42. The number of nitrogens with one attached hydrogen (secondary N) is 2. The summed E-state index contributed by atoms with van der Waals surface area (Å²) in [6, 6.07) is 9.22. The van der Waals surface area contributed by atoms with Gasteiger partial charge in [0.25, 0.3) is 5.56 Å². The van der Waals surface area contributed by atoms with Gasteiger partial charge in [-0.1, -0.05) is 35.3 Å². The van der Waals surface area contributed by atoms with Gasteiger partial charge in [-0.25, -0.2) is 0 Å². The van der Waals surface area contributed by atoms with Crippen molar-refractivity contribution in [3.63, 3.8) is 0 Å². The summed E-state index contributed by atoms with van der Waals surface area (Å²) in [6.45, 7) is 0. The number of hydrogen-bond donors (Lipinski definition) is 2. The molecule has 2 heterocycles. The first-order valence-electron chi connectivity index (χ1n) is 8.86. The molecule has 1 saturated carbocycles. The molecule has 1 aromatic heterocycles. The van der Waals surface area contributed by atoms with Gasteiger partial charge in [-0.05, 0) is 49.1 Å². The van der Waals surface area contributed by atoms with E-state index in [1.54, 1.807) is 23.9 Å². The fourth-order valence-corrected chi connectivity index (χ4v) is 4.52. The summed E-state index contributed by atoms with van der Waals surface area (Å²) in [7, 11) is 0. The molecule has 7 heteroatoms. The second kappa shape index (κ2) is 7.74. The maximum atomic E-state index is 12.0. The predicted molar refractivity (Wildman–Crippen MR) is 111 cm³/mol. The van der Waals surface area contributed by atoms with E-state index in [2.05, 4.69) is 10.3 Å². The van der Waals surface area contributed by atoms with Gasteiger partial charge in [0.2, 0.25) is 5.91 Å². The Kier molecular flexibility index (Phi) is 5.35. The number of benzene rings is 1. The lowest BCUT2D eigenvalue weighted by molar-refractivity contribution is -0.119. The highest BCUT2D eigenvalue weighted by atomic mass is 35.5. The van der Waals surface area contributed by atoms with E-state index < -0.39 is 0 Å². The topological polar surface area (TPSA) is 62.0 Å². The molecular formula is C20H18Cl2N2O2S. The van der Waals surface area contributed by atoms with Crippen molar-refractivity contribution in [2.24, 2.45) is 0 Å². The first-order valence-corrected chi connectivity index (χ1v) is 10.5. The normalized spacial score (nSPS) is 20.0. The zero-order valence-electron chi connectivity index (χ0n) is 14.4. The maximum absolute atomic E-state index is 12.0. The van der Waals surface area contributed by atoms with Crippen LogP contribution in [0, 0.1) is 0 Å². The smallest absolute Gasteiger partial charge is 0.267 e. The van der Waals surface area contributed by atoms with Gasteiger partial charge in [0.15, 0.2) is 0 Å². The first kappa shape index (κ1) is 18.7. The van der Waals surface area contributed by atoms with Gasteiger partial charge >= 0.3 is 0 Å². The van der Waals surface area contributed by atoms with E-state index in [1.807, 2.05) is 24.3 Å². The number of aromatic nitrogens is 1. The van der Waals surface area contributed by atoms with Gasteiger partial charge in [-0.3, -0.25) is 9.59 Å². The number of carbonyl (C=O) groups excluding carboxylic acids is 1. The van der Waals surface area contributed by atoms with E-state index >= 15 is 0 Å². The molecule has 2 fully saturated rings. The summed E-state index contributed by atoms with van der Waals surface area (Å²) in [5.74, 6) is 0.0365. The Balaban J connectivity index is 1.73. The van der Waals surface area contributed by atoms with E-state index in [0.29, 0.717) is 22.4 Å². The highest BCUT2D eigenvalue weighted by molar-refractivity contribution is 8.00. The number of rotatable bonds is 5. The second-order valence-corrected chi connectivity index (χ2v) is 8.96. The summed E-state index contributed by atoms with van der Waals surface area (Å²) in [5, 5.41) is 4.45. The maximum Gasteiger partial charge on any atom is 0.267 e. The minimum absolute atomic E-state index is 0.0365. The summed E-state index contributed by atoms with van der Waals surface area (Å²) in [6.07, 6.45) is 5.68. The van der Waals surface area contributed by atoms with E-state index in [-0.39, 0.29) is 22.5 Å². The molecule has 1 aliphatic heterocycles. The van der Waals surface area contributed by atoms with Crippen LogP contribution in [0.5, 0.6) is 0 Å². The third-order valence-corrected chi connectivity index (χ3v) is 6.75. The Morgan fingerprint density at radius 3 is 2.52 bits per heavy atom. The molecule has 1 saturated heterocycles. The zero-order valence-corrected chi connectivity index (χ0v) is 16.8. The summed E-state index contributed by atoms with van der Waals surface area (Å²) in [4.78, 5) is 27.5. The Labute approximate surface area is 171 Å². The van der Waals surface area contributed by atoms with Gasteiger partial charge < -0.3 is 10.3 Å². The van der Waals surface area contributed by atoms with Crippen LogP contribution in [0.25, 0.3) is 5.57 Å². The van der Waals surface area contributed by atoms with Crippen molar-refractivity contribution < 1.29 is 4.79 Å². The van der Waals surface area contributed by atoms with Crippen molar-refractivity contribution >= 4 is 46.4 Å². The fourth-order valence-electron chi connectivity index (χ4n) is 3.05. The van der Waals surface area contributed by atoms with E-state index in [1.165, 1.54) is 12.8 Å². The van der Waals surface area contributed by atoms with Crippen molar-refractivity contribution in [3.05, 3.63) is 68.1 Å². The number of hydrogen-bond acceptors (Lipinski definition) is 3. The van der Waals surface area contributed by atoms with Crippen LogP contribution in [0.2, 0.25) is 10.0 Å². The molecule has 140 valence electrons. The summed E-state index contributed by atoms with van der Waals surface area (Å²) >= 11 is 14.2. The van der Waals surface area contributed by atoms with Gasteiger partial charge in [0, 0.05) is 33.9 Å². The number of carbonyl (C=O) groups is 1. The number of amides is 1. The summed E-state index contributed by atoms with van der Waals surface area (Å²) < 4.78 is 0. The van der Waals surface area contributed by atoms with Crippen LogP contribution in [0.4, 0.5) is 0 Å². The quantitative estimate of drug-likeness (QED) is 0.739. The van der Waals surface area contributed by atoms with Gasteiger partial charge in [-0.15, -0.1) is 11.8 Å². The average molecular weight is 421 g/mol. The number of pyridine rings is 1. The van der Waals surface area contributed by atoms with Crippen LogP contribution in [0.1, 0.15) is 36.9 Å². The number of aromatic amines is 1. The molecule has 0 unspecified atom stereocenters. The molecule has 2 N–H and O–H groups in total. The lowest BCUT2D eigenvalue weighted by Gasteiger charge is -2.14. The molecule has 1 atom stereocenters. The molecule has 0 radical (unpaired) electrons. The molecule has 2 aliphatic rings. The lowest BCUT2D eigenvalue weighted by atomic mass is 9.99. The standard InChI is InChI=1S/C20H18Cl2N2O2S/c21-15-5-6-17(24-20(15)26)14(10-12-2-8-19(25)23-12)11-1-7-18(16(22)9-11)27-13-3-4-13/h1,5-7,9-10,12-13H,2-4,8H2,(H,23,25)(H,24,26)/t12-/m1/s1. The molecule has 4 rings (SSSR count). The Bertz CT molecular complexity index is 982. The minimum Gasteiger partial charge on any atom is -0.350 e. The van der Waals surface area contributed by atoms with Crippen LogP contribution >= 0.6 is 35.0 Å². The minimum atomic E-state index is -0.345. The van der Waals surface area contributed by atoms with E-state index in [0.717, 1.165) is 22.5 Å². The van der Waals surface area contributed by atoms with Gasteiger partial charge in [0.1, 0.15) is 5.02 Å². The molecule has 4 nitrogen and oxygen atoms in total. The van der Waals surface area contributed by atoms with Gasteiger partial charge in [0.05, 0.1) is 5.02 Å². The van der Waals surface area contributed by atoms with Crippen molar-refractivity contribution in [2.45, 2.75) is 41.9 Å². The Morgan fingerprint density at radius 1 is 1.07 bits per heavy atom. The third kappa shape index (κ3) is 4.42. The van der Waals surface area contributed by atoms with Crippen LogP contribution in [-0.4, -0.2) is 22.2 Å². The van der Waals surface area contributed by atoms with Crippen LogP contribution < -0.4 is 10.9 Å². The monoisotopic (exact) mass is 420 g/mol. The van der Waals surface area contributed by atoms with Crippen LogP contribution in [0.15, 0.2) is 46.1 Å². The first-order chi connectivity index (χ1) is 13.0. The Hall–Kier alpha value is -1.69. The molecule has 1 aliphatic carbocycles. The van der Waals surface area contributed by atoms with E-state index in [9.17, 15) is 9.59 Å². The SMILES string of the molecule is O=C1CC[C@H](C=C(c2ccc(SC3CC3)c(Cl)c2)c2ccc(Cl)c(=O)[nH]2)N1. The van der Waals surface area contributed by atoms with Crippen LogP contribution in [-0.2, 0) is 4.79 Å². The molecule has 0 bridgehead atoms. The largest absolute Gasteiger partial charge is 0.350 e. The van der Waals surface area contributed by atoms with Crippen LogP contribution in [0.3, 0.4) is 0 Å². The molecule has 2 aromatic rings. The van der Waals surface area contributed by atoms with Gasteiger partial charge in [-0.2, -0.15) is 0 Å². The van der Waals surface area contributed by atoms with E-state index in [4.69, 9.17) is 23.2 Å². The molecular weight excluding hydrogens is 403 g/mol. The summed E-state index contributed by atoms with van der Waals surface area (Å²) in [5.41, 5.74) is 2.01. The Morgan fingerprint density at radius 2 is 1.89 bits per heavy atom. The fraction of sp³-hybridized carbons (Fsp3) is 0.300. The van der Waals surface area contributed by atoms with Crippen molar-refractivity contribution in [1.82, 2.24) is 10.3 Å². The highest BCUT2D eigenvalue weighted by Gasteiger charge is 2.24. The predicted octanol–water partition coefficient (Wildman–Crippen LogP) is 4.65. The van der Waals surface area contributed by atoms with Crippen molar-refractivity contribution in [3.8, 4) is 0 Å².